The first-order chi connectivity index (χ1) is 15.2. The van der Waals surface area contributed by atoms with E-state index in [-0.39, 0.29) is 10.5 Å². The summed E-state index contributed by atoms with van der Waals surface area (Å²) in [5.74, 6) is 1.96. The van der Waals surface area contributed by atoms with Gasteiger partial charge in [0.1, 0.15) is 11.3 Å². The van der Waals surface area contributed by atoms with Crippen molar-refractivity contribution in [3.05, 3.63) is 34.7 Å². The summed E-state index contributed by atoms with van der Waals surface area (Å²) in [6.07, 6.45) is 3.72. The molecule has 5 nitrogen and oxygen atoms in total. The Bertz CT molecular complexity index is 931. The number of hydrogen-bond acceptors (Lipinski definition) is 6. The highest BCUT2D eigenvalue weighted by molar-refractivity contribution is 8.13. The fourth-order valence-corrected chi connectivity index (χ4v) is 4.55. The number of hydrogen-bond donors (Lipinski definition) is 0. The number of carbonyl (C=O) groups is 1. The Hall–Kier alpha value is -1.95. The van der Waals surface area contributed by atoms with Crippen molar-refractivity contribution in [3.63, 3.8) is 0 Å². The Morgan fingerprint density at radius 2 is 1.88 bits per heavy atom. The molecule has 0 saturated carbocycles. The normalized spacial score (nSPS) is 11.8. The quantitative estimate of drug-likeness (QED) is 0.250. The number of unbranched alkanes of at least 4 members (excludes halogenated alkanes) is 1. The van der Waals surface area contributed by atoms with Gasteiger partial charge in [0.25, 0.3) is 0 Å². The predicted octanol–water partition coefficient (Wildman–Crippen LogP) is 6.52. The number of thioether (sulfide) groups is 1. The number of ether oxygens (including phenoxy) is 1. The molecule has 1 heterocycles. The number of benzene rings is 1. The number of rotatable bonds is 13. The number of fused-ring (bicyclic) bond motifs is 1. The van der Waals surface area contributed by atoms with Gasteiger partial charge in [0.05, 0.1) is 18.1 Å². The Morgan fingerprint density at radius 1 is 1.16 bits per heavy atom. The molecule has 0 saturated heterocycles. The van der Waals surface area contributed by atoms with E-state index in [0.717, 1.165) is 55.6 Å². The van der Waals surface area contributed by atoms with Crippen molar-refractivity contribution in [2.75, 3.05) is 30.3 Å². The molecule has 1 aromatic heterocycles. The molecule has 2 rings (SSSR count). The molecule has 0 fully saturated rings. The summed E-state index contributed by atoms with van der Waals surface area (Å²) in [5, 5.41) is 1.08. The van der Waals surface area contributed by atoms with Crippen molar-refractivity contribution in [3.8, 4) is 5.75 Å². The molecule has 0 N–H and O–H groups in total. The molecule has 178 valence electrons. The summed E-state index contributed by atoms with van der Waals surface area (Å²) >= 11 is 1.43. The zero-order valence-corrected chi connectivity index (χ0v) is 21.3. The average Bonchev–Trinajstić information content (AvgIpc) is 2.75. The number of nitrogens with zero attached hydrogens (tertiary/aromatic N) is 1. The second-order valence-corrected chi connectivity index (χ2v) is 10.4. The molecule has 32 heavy (non-hydrogen) atoms. The highest BCUT2D eigenvalue weighted by Gasteiger charge is 2.27. The lowest BCUT2D eigenvalue weighted by molar-refractivity contribution is -0.118. The van der Waals surface area contributed by atoms with E-state index in [9.17, 15) is 9.59 Å². The second kappa shape index (κ2) is 12.3. The maximum atomic E-state index is 12.5. The summed E-state index contributed by atoms with van der Waals surface area (Å²) in [7, 11) is 0. The molecule has 1 aromatic carbocycles. The van der Waals surface area contributed by atoms with Crippen molar-refractivity contribution in [1.82, 2.24) is 0 Å². The van der Waals surface area contributed by atoms with Crippen LogP contribution in [0.3, 0.4) is 0 Å². The van der Waals surface area contributed by atoms with Crippen LogP contribution in [0.2, 0.25) is 0 Å². The van der Waals surface area contributed by atoms with Crippen LogP contribution in [0.1, 0.15) is 67.2 Å². The minimum Gasteiger partial charge on any atom is -0.493 e. The van der Waals surface area contributed by atoms with Gasteiger partial charge >= 0.3 is 5.63 Å². The Labute approximate surface area is 196 Å². The lowest BCUT2D eigenvalue weighted by atomic mass is 9.87. The highest BCUT2D eigenvalue weighted by atomic mass is 32.2. The number of carbonyl (C=O) groups excluding carboxylic acids is 1. The van der Waals surface area contributed by atoms with Crippen LogP contribution in [0.25, 0.3) is 11.0 Å². The lowest BCUT2D eigenvalue weighted by Crippen LogP contribution is -2.22. The van der Waals surface area contributed by atoms with E-state index in [4.69, 9.17) is 9.15 Å². The first kappa shape index (κ1) is 26.3. The maximum Gasteiger partial charge on any atom is 0.339 e. The van der Waals surface area contributed by atoms with Gasteiger partial charge in [-0.2, -0.15) is 0 Å². The fourth-order valence-electron chi connectivity index (χ4n) is 3.52. The molecule has 0 radical (unpaired) electrons. The van der Waals surface area contributed by atoms with Gasteiger partial charge in [-0.1, -0.05) is 45.9 Å². The molecule has 0 bridgehead atoms. The highest BCUT2D eigenvalue weighted by Crippen LogP contribution is 2.31. The molecule has 6 heteroatoms. The zero-order valence-electron chi connectivity index (χ0n) is 20.5. The maximum absolute atomic E-state index is 12.5. The molecule has 0 aliphatic rings. The monoisotopic (exact) mass is 461 g/mol. The molecule has 0 atom stereocenters. The summed E-state index contributed by atoms with van der Waals surface area (Å²) in [4.78, 5) is 26.7. The van der Waals surface area contributed by atoms with Gasteiger partial charge in [0, 0.05) is 36.0 Å². The van der Waals surface area contributed by atoms with E-state index in [1.165, 1.54) is 17.8 Å². The second-order valence-electron chi connectivity index (χ2n) is 9.29. The van der Waals surface area contributed by atoms with Gasteiger partial charge in [-0.15, -0.1) is 0 Å². The fraction of sp³-hybridized carbons (Fsp3) is 0.615. The third kappa shape index (κ3) is 7.58. The standard InChI is InChI=1S/C26H39NO4S/c1-7-27(8-2)20-11-12-21-22(18-24(28)31-23(21)17-20)30-15-9-10-16-32-25(29)26(5,6)14-13-19(3)4/h11-12,17-19H,7-10,13-16H2,1-6H3. The first-order valence-electron chi connectivity index (χ1n) is 11.8. The Morgan fingerprint density at radius 3 is 2.53 bits per heavy atom. The summed E-state index contributed by atoms with van der Waals surface area (Å²) in [5.41, 5.74) is 0.892. The van der Waals surface area contributed by atoms with Crippen LogP contribution in [-0.4, -0.2) is 30.6 Å². The van der Waals surface area contributed by atoms with Crippen LogP contribution >= 0.6 is 11.8 Å². The van der Waals surface area contributed by atoms with E-state index in [1.807, 2.05) is 32.0 Å². The van der Waals surface area contributed by atoms with Crippen molar-refractivity contribution < 1.29 is 13.9 Å². The summed E-state index contributed by atoms with van der Waals surface area (Å²) in [6.45, 7) is 15.0. The smallest absolute Gasteiger partial charge is 0.339 e. The number of anilines is 1. The van der Waals surface area contributed by atoms with Crippen LogP contribution < -0.4 is 15.3 Å². The molecule has 0 aliphatic heterocycles. The Kier molecular flexibility index (Phi) is 10.1. The zero-order chi connectivity index (χ0) is 23.7. The molecular weight excluding hydrogens is 422 g/mol. The van der Waals surface area contributed by atoms with Crippen molar-refractivity contribution in [1.29, 1.82) is 0 Å². The van der Waals surface area contributed by atoms with Crippen molar-refractivity contribution in [2.24, 2.45) is 11.3 Å². The minimum atomic E-state index is -0.408. The molecule has 0 aliphatic carbocycles. The van der Waals surface area contributed by atoms with E-state index < -0.39 is 5.63 Å². The first-order valence-corrected chi connectivity index (χ1v) is 12.8. The van der Waals surface area contributed by atoms with Gasteiger partial charge in [-0.25, -0.2) is 4.79 Å². The van der Waals surface area contributed by atoms with Crippen molar-refractivity contribution >= 4 is 33.5 Å². The summed E-state index contributed by atoms with van der Waals surface area (Å²) in [6, 6.07) is 7.30. The van der Waals surface area contributed by atoms with Crippen LogP contribution in [0.15, 0.2) is 33.5 Å². The Balaban J connectivity index is 1.87. The predicted molar refractivity (Wildman–Crippen MR) is 136 cm³/mol. The SMILES string of the molecule is CCN(CC)c1ccc2c(OCCCCSC(=O)C(C)(C)CCC(C)C)cc(=O)oc2c1. The lowest BCUT2D eigenvalue weighted by Gasteiger charge is -2.23. The van der Waals surface area contributed by atoms with E-state index in [1.54, 1.807) is 0 Å². The van der Waals surface area contributed by atoms with Gasteiger partial charge < -0.3 is 14.1 Å². The van der Waals surface area contributed by atoms with Crippen LogP contribution in [-0.2, 0) is 4.79 Å². The average molecular weight is 462 g/mol. The minimum absolute atomic E-state index is 0.271. The van der Waals surface area contributed by atoms with E-state index >= 15 is 0 Å². The van der Waals surface area contributed by atoms with Gasteiger partial charge in [-0.05, 0) is 51.2 Å². The molecule has 0 amide bonds. The van der Waals surface area contributed by atoms with E-state index in [0.29, 0.717) is 23.9 Å². The molecular formula is C26H39NO4S. The largest absolute Gasteiger partial charge is 0.493 e. The molecule has 0 unspecified atom stereocenters. The van der Waals surface area contributed by atoms with Gasteiger partial charge in [0.15, 0.2) is 5.12 Å². The van der Waals surface area contributed by atoms with Crippen LogP contribution in [0.4, 0.5) is 5.69 Å². The third-order valence-corrected chi connectivity index (χ3v) is 7.05. The molecule has 0 spiro atoms. The topological polar surface area (TPSA) is 59.8 Å². The van der Waals surface area contributed by atoms with Gasteiger partial charge in [-0.3, -0.25) is 4.79 Å². The third-order valence-electron chi connectivity index (χ3n) is 5.75. The van der Waals surface area contributed by atoms with E-state index in [2.05, 4.69) is 32.6 Å². The molecule has 2 aromatic rings. The van der Waals surface area contributed by atoms with Crippen LogP contribution in [0.5, 0.6) is 5.75 Å². The summed E-state index contributed by atoms with van der Waals surface area (Å²) < 4.78 is 11.3. The van der Waals surface area contributed by atoms with Crippen molar-refractivity contribution in [2.45, 2.75) is 67.2 Å². The van der Waals surface area contributed by atoms with Crippen LogP contribution in [0, 0.1) is 11.3 Å². The van der Waals surface area contributed by atoms with Gasteiger partial charge in [0.2, 0.25) is 0 Å².